The van der Waals surface area contributed by atoms with Gasteiger partial charge in [-0.05, 0) is 37.3 Å². The Morgan fingerprint density at radius 1 is 0.818 bits per heavy atom. The molecule has 22 heavy (non-hydrogen) atoms. The van der Waals surface area contributed by atoms with Crippen molar-refractivity contribution in [3.8, 4) is 0 Å². The van der Waals surface area contributed by atoms with E-state index in [1.807, 2.05) is 43.3 Å². The third-order valence-corrected chi connectivity index (χ3v) is 4.63. The van der Waals surface area contributed by atoms with Gasteiger partial charge in [0, 0.05) is 5.41 Å². The number of hydrogen-bond acceptors (Lipinski definition) is 2. The summed E-state index contributed by atoms with van der Waals surface area (Å²) in [5.74, 6) is 0. The fourth-order valence-electron chi connectivity index (χ4n) is 3.23. The monoisotopic (exact) mass is 298 g/mol. The van der Waals surface area contributed by atoms with E-state index in [0.29, 0.717) is 19.3 Å². The molecule has 0 aromatic heterocycles. The Kier molecular flexibility index (Phi) is 5.76. The lowest BCUT2D eigenvalue weighted by atomic mass is 9.68. The first-order valence-electron chi connectivity index (χ1n) is 8.02. The highest BCUT2D eigenvalue weighted by molar-refractivity contribution is 5.22. The largest absolute Gasteiger partial charge is 0.393 e. The van der Waals surface area contributed by atoms with Crippen LogP contribution >= 0.6 is 0 Å². The van der Waals surface area contributed by atoms with Crippen LogP contribution in [0.2, 0.25) is 0 Å². The molecule has 0 aliphatic heterocycles. The van der Waals surface area contributed by atoms with Crippen LogP contribution in [0.25, 0.3) is 0 Å². The van der Waals surface area contributed by atoms with Crippen LogP contribution in [0.1, 0.15) is 31.4 Å². The summed E-state index contributed by atoms with van der Waals surface area (Å²) in [5, 5.41) is 21.2. The fourth-order valence-corrected chi connectivity index (χ4v) is 3.23. The number of aliphatic hydroxyl groups is 2. The zero-order chi connectivity index (χ0) is 16.0. The van der Waals surface area contributed by atoms with Gasteiger partial charge in [-0.3, -0.25) is 0 Å². The van der Waals surface area contributed by atoms with Crippen molar-refractivity contribution in [1.82, 2.24) is 0 Å². The van der Waals surface area contributed by atoms with E-state index in [9.17, 15) is 10.2 Å². The molecule has 2 atom stereocenters. The zero-order valence-electron chi connectivity index (χ0n) is 13.4. The number of hydrogen-bond donors (Lipinski definition) is 2. The van der Waals surface area contributed by atoms with Crippen LogP contribution in [0.5, 0.6) is 0 Å². The minimum Gasteiger partial charge on any atom is -0.393 e. The van der Waals surface area contributed by atoms with Crippen molar-refractivity contribution in [3.05, 3.63) is 71.8 Å². The molecular weight excluding hydrogens is 272 g/mol. The maximum atomic E-state index is 10.7. The van der Waals surface area contributed by atoms with E-state index < -0.39 is 17.6 Å². The molecule has 2 aromatic carbocycles. The van der Waals surface area contributed by atoms with Crippen molar-refractivity contribution in [1.29, 1.82) is 0 Å². The van der Waals surface area contributed by atoms with Crippen molar-refractivity contribution in [3.63, 3.8) is 0 Å². The summed E-state index contributed by atoms with van der Waals surface area (Å²) < 4.78 is 0. The molecule has 0 heterocycles. The van der Waals surface area contributed by atoms with Crippen LogP contribution in [0.15, 0.2) is 60.7 Å². The Morgan fingerprint density at radius 2 is 1.23 bits per heavy atom. The molecule has 0 aliphatic carbocycles. The van der Waals surface area contributed by atoms with Crippen LogP contribution in [0.4, 0.5) is 0 Å². The fraction of sp³-hybridized carbons (Fsp3) is 0.400. The first-order valence-corrected chi connectivity index (χ1v) is 8.02. The maximum Gasteiger partial charge on any atom is 0.0624 e. The highest BCUT2D eigenvalue weighted by atomic mass is 16.3. The molecule has 2 nitrogen and oxygen atoms in total. The van der Waals surface area contributed by atoms with Gasteiger partial charge in [0.1, 0.15) is 0 Å². The van der Waals surface area contributed by atoms with Crippen molar-refractivity contribution in [2.45, 2.75) is 45.3 Å². The Morgan fingerprint density at radius 3 is 1.55 bits per heavy atom. The first-order chi connectivity index (χ1) is 10.6. The van der Waals surface area contributed by atoms with Gasteiger partial charge < -0.3 is 10.2 Å². The molecule has 0 aliphatic rings. The molecule has 2 rings (SSSR count). The van der Waals surface area contributed by atoms with Crippen LogP contribution in [-0.4, -0.2) is 22.4 Å². The molecule has 2 heteroatoms. The van der Waals surface area contributed by atoms with Gasteiger partial charge in [-0.15, -0.1) is 0 Å². The third-order valence-electron chi connectivity index (χ3n) is 4.63. The Hall–Kier alpha value is -1.64. The van der Waals surface area contributed by atoms with Gasteiger partial charge in [0.15, 0.2) is 0 Å². The second-order valence-electron chi connectivity index (χ2n) is 6.16. The second-order valence-corrected chi connectivity index (χ2v) is 6.16. The molecular formula is C20H26O2. The van der Waals surface area contributed by atoms with Gasteiger partial charge in [0.2, 0.25) is 0 Å². The summed E-state index contributed by atoms with van der Waals surface area (Å²) in [6.45, 7) is 3.77. The Labute approximate surface area is 133 Å². The topological polar surface area (TPSA) is 40.5 Å². The second kappa shape index (κ2) is 7.57. The lowest BCUT2D eigenvalue weighted by Crippen LogP contribution is -2.47. The molecule has 0 fully saturated rings. The predicted octanol–water partition coefficient (Wildman–Crippen LogP) is 3.61. The normalized spacial score (nSPS) is 14.5. The number of rotatable bonds is 7. The molecule has 118 valence electrons. The highest BCUT2D eigenvalue weighted by Gasteiger charge is 2.41. The summed E-state index contributed by atoms with van der Waals surface area (Å²) >= 11 is 0. The lowest BCUT2D eigenvalue weighted by molar-refractivity contribution is -0.0642. The average molecular weight is 298 g/mol. The van der Waals surface area contributed by atoms with Crippen LogP contribution in [-0.2, 0) is 12.8 Å². The summed E-state index contributed by atoms with van der Waals surface area (Å²) in [6.07, 6.45) is 0.811. The van der Waals surface area contributed by atoms with Crippen LogP contribution in [0.3, 0.4) is 0 Å². The van der Waals surface area contributed by atoms with Gasteiger partial charge in [-0.1, -0.05) is 67.6 Å². The van der Waals surface area contributed by atoms with E-state index in [2.05, 4.69) is 24.3 Å². The summed E-state index contributed by atoms with van der Waals surface area (Å²) in [6, 6.07) is 20.2. The van der Waals surface area contributed by atoms with Gasteiger partial charge in [0.05, 0.1) is 12.2 Å². The summed E-state index contributed by atoms with van der Waals surface area (Å²) in [5.41, 5.74) is 1.72. The van der Waals surface area contributed by atoms with Crippen LogP contribution < -0.4 is 0 Å². The van der Waals surface area contributed by atoms with Gasteiger partial charge in [-0.25, -0.2) is 0 Å². The first kappa shape index (κ1) is 16.7. The molecule has 2 N–H and O–H groups in total. The minimum atomic E-state index is -0.595. The molecule has 2 aromatic rings. The van der Waals surface area contributed by atoms with E-state index in [4.69, 9.17) is 0 Å². The molecule has 0 amide bonds. The quantitative estimate of drug-likeness (QED) is 0.820. The Bertz CT molecular complexity index is 507. The summed E-state index contributed by atoms with van der Waals surface area (Å²) in [4.78, 5) is 0. The van der Waals surface area contributed by atoms with E-state index in [1.54, 1.807) is 6.92 Å². The SMILES string of the molecule is CCC(O)C(Cc1ccccc1)(Cc1ccccc1)C(C)O. The zero-order valence-corrected chi connectivity index (χ0v) is 13.4. The third kappa shape index (κ3) is 3.76. The molecule has 2 unspecified atom stereocenters. The number of benzene rings is 2. The summed E-state index contributed by atoms with van der Waals surface area (Å²) in [7, 11) is 0. The van der Waals surface area contributed by atoms with E-state index in [1.165, 1.54) is 0 Å². The minimum absolute atomic E-state index is 0.548. The highest BCUT2D eigenvalue weighted by Crippen LogP contribution is 2.37. The standard InChI is InChI=1S/C20H26O2/c1-3-19(22)20(16(2)21,14-17-10-6-4-7-11-17)15-18-12-8-5-9-13-18/h4-13,16,19,21-22H,3,14-15H2,1-2H3. The predicted molar refractivity (Wildman–Crippen MR) is 90.7 cm³/mol. The van der Waals surface area contributed by atoms with E-state index in [0.717, 1.165) is 11.1 Å². The van der Waals surface area contributed by atoms with Crippen LogP contribution in [0, 0.1) is 5.41 Å². The molecule has 0 saturated heterocycles. The van der Waals surface area contributed by atoms with E-state index >= 15 is 0 Å². The average Bonchev–Trinajstić information content (AvgIpc) is 2.55. The van der Waals surface area contributed by atoms with Crippen molar-refractivity contribution in [2.75, 3.05) is 0 Å². The van der Waals surface area contributed by atoms with Crippen molar-refractivity contribution in [2.24, 2.45) is 5.41 Å². The van der Waals surface area contributed by atoms with Gasteiger partial charge in [-0.2, -0.15) is 0 Å². The van der Waals surface area contributed by atoms with E-state index in [-0.39, 0.29) is 0 Å². The Balaban J connectivity index is 2.37. The van der Waals surface area contributed by atoms with Gasteiger partial charge >= 0.3 is 0 Å². The van der Waals surface area contributed by atoms with Gasteiger partial charge in [0.25, 0.3) is 0 Å². The molecule has 0 bridgehead atoms. The molecule has 0 radical (unpaired) electrons. The van der Waals surface area contributed by atoms with Crippen molar-refractivity contribution < 1.29 is 10.2 Å². The lowest BCUT2D eigenvalue weighted by Gasteiger charge is -2.41. The maximum absolute atomic E-state index is 10.7. The smallest absolute Gasteiger partial charge is 0.0624 e. The van der Waals surface area contributed by atoms with Crippen molar-refractivity contribution >= 4 is 0 Å². The molecule has 0 saturated carbocycles. The molecule has 0 spiro atoms. The number of aliphatic hydroxyl groups excluding tert-OH is 2.